The van der Waals surface area contributed by atoms with E-state index >= 15 is 0 Å². The first-order chi connectivity index (χ1) is 12.1. The Morgan fingerprint density at radius 2 is 2.08 bits per heavy atom. The molecule has 1 N–H and O–H groups in total. The van der Waals surface area contributed by atoms with E-state index in [9.17, 15) is 14.7 Å². The lowest BCUT2D eigenvalue weighted by Gasteiger charge is -2.32. The number of amides is 1. The number of nitrogens with zero attached hydrogens (tertiary/aromatic N) is 1. The molecule has 1 amide bonds. The molecule has 1 aliphatic carbocycles. The summed E-state index contributed by atoms with van der Waals surface area (Å²) in [4.78, 5) is 25.1. The number of carboxylic acids is 1. The Balaban J connectivity index is 1.55. The molecule has 0 unspecified atom stereocenters. The summed E-state index contributed by atoms with van der Waals surface area (Å²) in [5, 5.41) is 9.22. The molecule has 0 bridgehead atoms. The Bertz CT molecular complexity index is 612. The molecule has 0 aromatic heterocycles. The van der Waals surface area contributed by atoms with Gasteiger partial charge < -0.3 is 19.5 Å². The van der Waals surface area contributed by atoms with E-state index in [0.29, 0.717) is 25.7 Å². The van der Waals surface area contributed by atoms with E-state index in [2.05, 4.69) is 0 Å². The summed E-state index contributed by atoms with van der Waals surface area (Å²) < 4.78 is 11.2. The van der Waals surface area contributed by atoms with Gasteiger partial charge in [0, 0.05) is 13.0 Å². The van der Waals surface area contributed by atoms with Crippen molar-refractivity contribution >= 4 is 11.9 Å². The van der Waals surface area contributed by atoms with Crippen molar-refractivity contribution in [1.29, 1.82) is 0 Å². The lowest BCUT2D eigenvalue weighted by atomic mass is 10.1. The minimum absolute atomic E-state index is 0.0613. The third-order valence-corrected chi connectivity index (χ3v) is 4.86. The van der Waals surface area contributed by atoms with Crippen molar-refractivity contribution in [2.24, 2.45) is 0 Å². The molecule has 6 heteroatoms. The summed E-state index contributed by atoms with van der Waals surface area (Å²) in [5.41, 5.74) is 1.03. The number of aryl methyl sites for hydroxylation is 1. The Labute approximate surface area is 147 Å². The maximum atomic E-state index is 12.4. The standard InChI is InChI=1S/C19H25NO5/c21-18(20-10-11-24-13-17(20)19(22)23)9-8-14-4-3-7-16(12-14)25-15-5-1-2-6-15/h3-4,7,12,15,17H,1-2,5-6,8-11,13H2,(H,22,23)/t17-/m1/s1. The molecule has 0 spiro atoms. The number of benzene rings is 1. The molecule has 1 aromatic carbocycles. The predicted molar refractivity (Wildman–Crippen MR) is 91.6 cm³/mol. The van der Waals surface area contributed by atoms with Crippen LogP contribution in [0.5, 0.6) is 5.75 Å². The normalized spacial score (nSPS) is 21.3. The van der Waals surface area contributed by atoms with E-state index < -0.39 is 12.0 Å². The van der Waals surface area contributed by atoms with Gasteiger partial charge in [0.05, 0.1) is 19.3 Å². The fraction of sp³-hybridized carbons (Fsp3) is 0.579. The summed E-state index contributed by atoms with van der Waals surface area (Å²) in [6, 6.07) is 6.98. The number of carboxylic acid groups (broad SMARTS) is 1. The van der Waals surface area contributed by atoms with Gasteiger partial charge in [0.15, 0.2) is 6.04 Å². The molecular formula is C19H25NO5. The topological polar surface area (TPSA) is 76.1 Å². The average Bonchev–Trinajstić information content (AvgIpc) is 3.13. The van der Waals surface area contributed by atoms with E-state index in [0.717, 1.165) is 24.2 Å². The highest BCUT2D eigenvalue weighted by molar-refractivity contribution is 5.84. The molecule has 2 aliphatic rings. The SMILES string of the molecule is O=C(O)[C@H]1COCCN1C(=O)CCc1cccc(OC2CCCC2)c1. The number of carbonyl (C=O) groups is 2. The van der Waals surface area contributed by atoms with Crippen molar-refractivity contribution in [2.45, 2.75) is 50.7 Å². The molecule has 25 heavy (non-hydrogen) atoms. The largest absolute Gasteiger partial charge is 0.490 e. The van der Waals surface area contributed by atoms with E-state index in [1.165, 1.54) is 17.7 Å². The van der Waals surface area contributed by atoms with Crippen LogP contribution in [-0.4, -0.2) is 53.8 Å². The highest BCUT2D eigenvalue weighted by Crippen LogP contribution is 2.25. The Morgan fingerprint density at radius 1 is 1.28 bits per heavy atom. The number of carbonyl (C=O) groups excluding carboxylic acids is 1. The minimum atomic E-state index is -1.01. The number of morpholine rings is 1. The van der Waals surface area contributed by atoms with Gasteiger partial charge in [0.25, 0.3) is 0 Å². The Kier molecular flexibility index (Phi) is 5.91. The molecule has 0 radical (unpaired) electrons. The van der Waals surface area contributed by atoms with Crippen LogP contribution >= 0.6 is 0 Å². The van der Waals surface area contributed by atoms with Gasteiger partial charge in [-0.25, -0.2) is 4.79 Å². The Morgan fingerprint density at radius 3 is 2.84 bits per heavy atom. The van der Waals surface area contributed by atoms with Crippen LogP contribution in [0.25, 0.3) is 0 Å². The van der Waals surface area contributed by atoms with Gasteiger partial charge in [-0.3, -0.25) is 4.79 Å². The fourth-order valence-corrected chi connectivity index (χ4v) is 3.47. The van der Waals surface area contributed by atoms with Gasteiger partial charge in [0.1, 0.15) is 5.75 Å². The first kappa shape index (κ1) is 17.7. The molecule has 2 fully saturated rings. The van der Waals surface area contributed by atoms with Crippen LogP contribution in [0.1, 0.15) is 37.7 Å². The second-order valence-corrected chi connectivity index (χ2v) is 6.69. The first-order valence-electron chi connectivity index (χ1n) is 8.99. The fourth-order valence-electron chi connectivity index (χ4n) is 3.47. The summed E-state index contributed by atoms with van der Waals surface area (Å²) in [6.45, 7) is 0.784. The number of aliphatic carboxylic acids is 1. The molecule has 3 rings (SSSR count). The first-order valence-corrected chi connectivity index (χ1v) is 8.99. The van der Waals surface area contributed by atoms with Crippen molar-refractivity contribution in [2.75, 3.05) is 19.8 Å². The molecule has 1 aromatic rings. The van der Waals surface area contributed by atoms with Gasteiger partial charge in [-0.1, -0.05) is 12.1 Å². The highest BCUT2D eigenvalue weighted by atomic mass is 16.5. The zero-order valence-corrected chi connectivity index (χ0v) is 14.4. The van der Waals surface area contributed by atoms with Gasteiger partial charge in [0.2, 0.25) is 5.91 Å². The van der Waals surface area contributed by atoms with E-state index in [1.807, 2.05) is 24.3 Å². The highest BCUT2D eigenvalue weighted by Gasteiger charge is 2.32. The third-order valence-electron chi connectivity index (χ3n) is 4.86. The van der Waals surface area contributed by atoms with Crippen LogP contribution in [0.15, 0.2) is 24.3 Å². The molecule has 6 nitrogen and oxygen atoms in total. The van der Waals surface area contributed by atoms with Crippen molar-refractivity contribution in [3.8, 4) is 5.75 Å². The van der Waals surface area contributed by atoms with Gasteiger partial charge in [-0.15, -0.1) is 0 Å². The summed E-state index contributed by atoms with van der Waals surface area (Å²) in [7, 11) is 0. The summed E-state index contributed by atoms with van der Waals surface area (Å²) in [5.74, 6) is -0.301. The Hall–Kier alpha value is -2.08. The van der Waals surface area contributed by atoms with Crippen LogP contribution in [0.3, 0.4) is 0 Å². The molecular weight excluding hydrogens is 322 g/mol. The number of ether oxygens (including phenoxy) is 2. The van der Waals surface area contributed by atoms with Gasteiger partial charge >= 0.3 is 5.97 Å². The molecule has 1 saturated carbocycles. The van der Waals surface area contributed by atoms with Crippen molar-refractivity contribution < 1.29 is 24.2 Å². The number of rotatable bonds is 6. The zero-order valence-electron chi connectivity index (χ0n) is 14.4. The van der Waals surface area contributed by atoms with E-state index in [1.54, 1.807) is 0 Å². The lowest BCUT2D eigenvalue weighted by molar-refractivity contribution is -0.158. The molecule has 1 aliphatic heterocycles. The maximum Gasteiger partial charge on any atom is 0.328 e. The van der Waals surface area contributed by atoms with Crippen LogP contribution < -0.4 is 4.74 Å². The second kappa shape index (κ2) is 8.34. The second-order valence-electron chi connectivity index (χ2n) is 6.69. The van der Waals surface area contributed by atoms with Gasteiger partial charge in [-0.2, -0.15) is 0 Å². The third kappa shape index (κ3) is 4.72. The number of hydrogen-bond donors (Lipinski definition) is 1. The predicted octanol–water partition coefficient (Wildman–Crippen LogP) is 2.25. The molecule has 1 saturated heterocycles. The van der Waals surface area contributed by atoms with E-state index in [-0.39, 0.29) is 18.9 Å². The minimum Gasteiger partial charge on any atom is -0.490 e. The quantitative estimate of drug-likeness (QED) is 0.854. The van der Waals surface area contributed by atoms with Crippen LogP contribution in [0.4, 0.5) is 0 Å². The smallest absolute Gasteiger partial charge is 0.328 e. The van der Waals surface area contributed by atoms with Crippen LogP contribution in [-0.2, 0) is 20.7 Å². The maximum absolute atomic E-state index is 12.4. The monoisotopic (exact) mass is 347 g/mol. The summed E-state index contributed by atoms with van der Waals surface area (Å²) in [6.07, 6.45) is 5.83. The lowest BCUT2D eigenvalue weighted by Crippen LogP contribution is -2.52. The average molecular weight is 347 g/mol. The molecule has 136 valence electrons. The van der Waals surface area contributed by atoms with Crippen LogP contribution in [0, 0.1) is 0 Å². The van der Waals surface area contributed by atoms with Crippen molar-refractivity contribution in [3.63, 3.8) is 0 Å². The molecule has 1 heterocycles. The zero-order chi connectivity index (χ0) is 17.6. The van der Waals surface area contributed by atoms with Crippen molar-refractivity contribution in [1.82, 2.24) is 4.90 Å². The van der Waals surface area contributed by atoms with Gasteiger partial charge in [-0.05, 0) is 49.8 Å². The number of hydrogen-bond acceptors (Lipinski definition) is 4. The molecule has 1 atom stereocenters. The van der Waals surface area contributed by atoms with Crippen molar-refractivity contribution in [3.05, 3.63) is 29.8 Å². The summed E-state index contributed by atoms with van der Waals surface area (Å²) >= 11 is 0. The van der Waals surface area contributed by atoms with Crippen LogP contribution in [0.2, 0.25) is 0 Å². The van der Waals surface area contributed by atoms with E-state index in [4.69, 9.17) is 9.47 Å².